The van der Waals surface area contributed by atoms with Crippen molar-refractivity contribution in [1.29, 1.82) is 0 Å². The molecule has 0 unspecified atom stereocenters. The number of nitrogens with one attached hydrogen (secondary N) is 2. The number of rotatable bonds is 12. The number of benzene rings is 2. The van der Waals surface area contributed by atoms with Gasteiger partial charge in [-0.15, -0.1) is 0 Å². The van der Waals surface area contributed by atoms with E-state index in [1.807, 2.05) is 74.5 Å². The van der Waals surface area contributed by atoms with Crippen molar-refractivity contribution < 1.29 is 24.5 Å². The average molecular weight is 629 g/mol. The molecule has 0 saturated carbocycles. The molecule has 0 atom stereocenters. The highest BCUT2D eigenvalue weighted by atomic mass is 16.5. The van der Waals surface area contributed by atoms with Crippen LogP contribution < -0.4 is 15.5 Å². The molecule has 5 rings (SSSR count). The molecule has 46 heavy (non-hydrogen) atoms. The third kappa shape index (κ3) is 7.73. The predicted molar refractivity (Wildman–Crippen MR) is 180 cm³/mol. The maximum absolute atomic E-state index is 13.2. The molecule has 0 radical (unpaired) electrons. The van der Waals surface area contributed by atoms with Gasteiger partial charge in [-0.2, -0.15) is 0 Å². The first kappa shape index (κ1) is 33.1. The lowest BCUT2D eigenvalue weighted by atomic mass is 9.88. The number of amides is 2. The number of fused-ring (bicyclic) bond motifs is 1. The van der Waals surface area contributed by atoms with Crippen LogP contribution in [0, 0.1) is 0 Å². The highest BCUT2D eigenvalue weighted by Crippen LogP contribution is 2.31. The van der Waals surface area contributed by atoms with Crippen molar-refractivity contribution in [3.8, 4) is 0 Å². The lowest BCUT2D eigenvalue weighted by molar-refractivity contribution is 0.0570. The highest BCUT2D eigenvalue weighted by molar-refractivity contribution is 6.04. The van der Waals surface area contributed by atoms with E-state index in [0.29, 0.717) is 30.5 Å². The molecule has 1 saturated heterocycles. The molecule has 1 aliphatic heterocycles. The number of ether oxygens (including phenoxy) is 1. The molecular weight excluding hydrogens is 584 g/mol. The van der Waals surface area contributed by atoms with E-state index in [2.05, 4.69) is 25.4 Å². The van der Waals surface area contributed by atoms with Gasteiger partial charge < -0.3 is 30.5 Å². The van der Waals surface area contributed by atoms with Crippen LogP contribution in [0.3, 0.4) is 0 Å². The first-order valence-corrected chi connectivity index (χ1v) is 15.9. The summed E-state index contributed by atoms with van der Waals surface area (Å²) < 4.78 is 7.45. The van der Waals surface area contributed by atoms with E-state index in [1.54, 1.807) is 24.0 Å². The minimum Gasteiger partial charge on any atom is -0.395 e. The summed E-state index contributed by atoms with van der Waals surface area (Å²) in [5.41, 5.74) is 4.29. The standard InChI is InChI=1S/C35H44N6O5/c1-24(2)46-19-18-40(29-8-9-32-28(20-29)13-17-41(32)35(45)36-3)30-10-14-37-33(21-30)38-34(44)27-6-4-25(5-7-27)26-11-15-39(16-12-26)31(22-42)23-43/h4-10,13-14,17,20-21,24,26,31,42-43H,11-12,15-16,18-19,22-23H2,1-3H3,(H,36,45)(H,37,38,44). The van der Waals surface area contributed by atoms with E-state index >= 15 is 0 Å². The Labute approximate surface area is 269 Å². The molecule has 3 heterocycles. The van der Waals surface area contributed by atoms with Crippen molar-refractivity contribution in [2.45, 2.75) is 44.8 Å². The molecule has 0 bridgehead atoms. The van der Waals surface area contributed by atoms with Crippen LogP contribution in [0.15, 0.2) is 73.1 Å². The molecule has 4 N–H and O–H groups in total. The monoisotopic (exact) mass is 628 g/mol. The molecular formula is C35H44N6O5. The van der Waals surface area contributed by atoms with Gasteiger partial charge in [-0.3, -0.25) is 14.3 Å². The first-order chi connectivity index (χ1) is 22.3. The number of pyridine rings is 1. The Morgan fingerprint density at radius 1 is 1.00 bits per heavy atom. The molecule has 2 aromatic carbocycles. The van der Waals surface area contributed by atoms with Gasteiger partial charge in [0, 0.05) is 54.4 Å². The number of aliphatic hydroxyl groups is 2. The van der Waals surface area contributed by atoms with Gasteiger partial charge in [-0.25, -0.2) is 9.78 Å². The number of piperidine rings is 1. The zero-order valence-electron chi connectivity index (χ0n) is 26.7. The fourth-order valence-electron chi connectivity index (χ4n) is 6.02. The van der Waals surface area contributed by atoms with Crippen LogP contribution in [-0.2, 0) is 4.74 Å². The second kappa shape index (κ2) is 15.3. The van der Waals surface area contributed by atoms with Gasteiger partial charge in [0.2, 0.25) is 0 Å². The Morgan fingerprint density at radius 2 is 1.72 bits per heavy atom. The molecule has 1 aliphatic rings. The molecule has 2 amide bonds. The number of hydrogen-bond acceptors (Lipinski definition) is 8. The van der Waals surface area contributed by atoms with Gasteiger partial charge in [-0.1, -0.05) is 12.1 Å². The van der Waals surface area contributed by atoms with Crippen LogP contribution >= 0.6 is 0 Å². The summed E-state index contributed by atoms with van der Waals surface area (Å²) in [5.74, 6) is 0.561. The van der Waals surface area contributed by atoms with Crippen molar-refractivity contribution >= 4 is 40.0 Å². The molecule has 11 heteroatoms. The third-order valence-electron chi connectivity index (χ3n) is 8.59. The SMILES string of the molecule is CNC(=O)n1ccc2cc(N(CCOC(C)C)c3ccnc(NC(=O)c4ccc(C5CCN(C(CO)CO)CC5)cc4)c3)ccc21. The Balaban J connectivity index is 1.29. The summed E-state index contributed by atoms with van der Waals surface area (Å²) in [6, 6.07) is 18.9. The van der Waals surface area contributed by atoms with E-state index in [1.165, 1.54) is 5.56 Å². The lowest BCUT2D eigenvalue weighted by Gasteiger charge is -2.36. The highest BCUT2D eigenvalue weighted by Gasteiger charge is 2.25. The van der Waals surface area contributed by atoms with Crippen molar-refractivity contribution in [3.05, 3.63) is 84.2 Å². The number of nitrogens with zero attached hydrogens (tertiary/aromatic N) is 4. The molecule has 2 aromatic heterocycles. The van der Waals surface area contributed by atoms with Crippen LogP contribution in [-0.4, -0.2) is 95.3 Å². The topological polar surface area (TPSA) is 132 Å². The maximum Gasteiger partial charge on any atom is 0.325 e. The zero-order chi connectivity index (χ0) is 32.6. The first-order valence-electron chi connectivity index (χ1n) is 15.9. The number of anilines is 3. The molecule has 0 spiro atoms. The summed E-state index contributed by atoms with van der Waals surface area (Å²) >= 11 is 0. The van der Waals surface area contributed by atoms with Crippen molar-refractivity contribution in [2.24, 2.45) is 0 Å². The lowest BCUT2D eigenvalue weighted by Crippen LogP contribution is -2.44. The van der Waals surface area contributed by atoms with Gasteiger partial charge in [0.15, 0.2) is 0 Å². The van der Waals surface area contributed by atoms with E-state index < -0.39 is 0 Å². The Bertz CT molecular complexity index is 1610. The minimum absolute atomic E-state index is 0.0435. The largest absolute Gasteiger partial charge is 0.395 e. The van der Waals surface area contributed by atoms with E-state index in [0.717, 1.165) is 48.2 Å². The number of carbonyl (C=O) groups is 2. The van der Waals surface area contributed by atoms with Gasteiger partial charge in [0.1, 0.15) is 5.82 Å². The van der Waals surface area contributed by atoms with Crippen LogP contribution in [0.1, 0.15) is 48.5 Å². The van der Waals surface area contributed by atoms with Crippen molar-refractivity contribution in [2.75, 3.05) is 56.7 Å². The molecule has 1 fully saturated rings. The summed E-state index contributed by atoms with van der Waals surface area (Å²) in [7, 11) is 1.61. The van der Waals surface area contributed by atoms with Crippen LogP contribution in [0.4, 0.5) is 22.0 Å². The number of aromatic nitrogens is 2. The number of aliphatic hydroxyl groups excluding tert-OH is 2. The van der Waals surface area contributed by atoms with Gasteiger partial charge in [0.05, 0.1) is 37.5 Å². The molecule has 4 aromatic rings. The Morgan fingerprint density at radius 3 is 2.39 bits per heavy atom. The zero-order valence-corrected chi connectivity index (χ0v) is 26.7. The van der Waals surface area contributed by atoms with Crippen LogP contribution in [0.2, 0.25) is 0 Å². The summed E-state index contributed by atoms with van der Waals surface area (Å²) in [4.78, 5) is 34.2. The average Bonchev–Trinajstić information content (AvgIpc) is 3.51. The Hall–Kier alpha value is -4.29. The summed E-state index contributed by atoms with van der Waals surface area (Å²) in [5, 5.41) is 25.5. The smallest absolute Gasteiger partial charge is 0.325 e. The fourth-order valence-corrected chi connectivity index (χ4v) is 6.02. The van der Waals surface area contributed by atoms with E-state index in [-0.39, 0.29) is 37.3 Å². The van der Waals surface area contributed by atoms with E-state index in [4.69, 9.17) is 4.74 Å². The summed E-state index contributed by atoms with van der Waals surface area (Å²) in [6.07, 6.45) is 5.38. The van der Waals surface area contributed by atoms with Crippen LogP contribution in [0.5, 0.6) is 0 Å². The normalized spacial score (nSPS) is 14.2. The van der Waals surface area contributed by atoms with Gasteiger partial charge in [-0.05, 0) is 93.7 Å². The molecule has 11 nitrogen and oxygen atoms in total. The van der Waals surface area contributed by atoms with Gasteiger partial charge >= 0.3 is 6.03 Å². The maximum atomic E-state index is 13.2. The number of hydrogen-bond donors (Lipinski definition) is 4. The second-order valence-corrected chi connectivity index (χ2v) is 11.9. The van der Waals surface area contributed by atoms with Crippen molar-refractivity contribution in [1.82, 2.24) is 19.8 Å². The predicted octanol–water partition coefficient (Wildman–Crippen LogP) is 4.57. The van der Waals surface area contributed by atoms with Crippen LogP contribution in [0.25, 0.3) is 10.9 Å². The fraction of sp³-hybridized carbons (Fsp3) is 0.400. The number of carbonyl (C=O) groups excluding carboxylic acids is 2. The third-order valence-corrected chi connectivity index (χ3v) is 8.59. The molecule has 0 aliphatic carbocycles. The number of likely N-dealkylation sites (tertiary alicyclic amines) is 1. The van der Waals surface area contributed by atoms with Gasteiger partial charge in [0.25, 0.3) is 5.91 Å². The minimum atomic E-state index is -0.244. The Kier molecular flexibility index (Phi) is 11.0. The summed E-state index contributed by atoms with van der Waals surface area (Å²) in [6.45, 7) is 6.61. The van der Waals surface area contributed by atoms with E-state index in [9.17, 15) is 19.8 Å². The second-order valence-electron chi connectivity index (χ2n) is 11.9. The quantitative estimate of drug-likeness (QED) is 0.179. The van der Waals surface area contributed by atoms with Crippen molar-refractivity contribution in [3.63, 3.8) is 0 Å². The molecule has 244 valence electrons.